The van der Waals surface area contributed by atoms with Crippen LogP contribution in [0.5, 0.6) is 0 Å². The summed E-state index contributed by atoms with van der Waals surface area (Å²) >= 11 is 0. The Morgan fingerprint density at radius 3 is 2.50 bits per heavy atom. The van der Waals surface area contributed by atoms with E-state index in [0.29, 0.717) is 0 Å². The van der Waals surface area contributed by atoms with Crippen LogP contribution in [0.1, 0.15) is 45.4 Å². The Hall–Kier alpha value is -0.0800. The first kappa shape index (κ1) is 12.0. The second kappa shape index (κ2) is 7.24. The van der Waals surface area contributed by atoms with Crippen molar-refractivity contribution in [1.29, 1.82) is 0 Å². The zero-order chi connectivity index (χ0) is 10.2. The maximum Gasteiger partial charge on any atom is 0.0104 e. The summed E-state index contributed by atoms with van der Waals surface area (Å²) in [7, 11) is 0. The van der Waals surface area contributed by atoms with Gasteiger partial charge in [-0.1, -0.05) is 32.6 Å². The summed E-state index contributed by atoms with van der Waals surface area (Å²) in [6.45, 7) is 6.51. The molecule has 2 heteroatoms. The molecule has 0 aromatic rings. The highest BCUT2D eigenvalue weighted by Crippen LogP contribution is 2.28. The molecule has 1 fully saturated rings. The smallest absolute Gasteiger partial charge is 0.0104 e. The molecule has 1 saturated carbocycles. The number of nitrogens with two attached hydrogens (primary N) is 1. The van der Waals surface area contributed by atoms with Crippen molar-refractivity contribution in [3.05, 3.63) is 0 Å². The molecule has 2 nitrogen and oxygen atoms in total. The Bertz CT molecular complexity index is 130. The highest BCUT2D eigenvalue weighted by Gasteiger charge is 2.14. The Balaban J connectivity index is 2.00. The summed E-state index contributed by atoms with van der Waals surface area (Å²) in [5.74, 6) is 1.05. The number of nitrogens with zero attached hydrogens (tertiary/aromatic N) is 1. The molecule has 1 aliphatic carbocycles. The highest BCUT2D eigenvalue weighted by molar-refractivity contribution is 4.68. The molecular formula is C12H26N2. The van der Waals surface area contributed by atoms with Gasteiger partial charge in [-0.3, -0.25) is 0 Å². The minimum Gasteiger partial charge on any atom is -0.329 e. The predicted octanol–water partition coefficient (Wildman–Crippen LogP) is 2.24. The summed E-state index contributed by atoms with van der Waals surface area (Å²) < 4.78 is 0. The normalized spacial score (nSPS) is 18.2. The molecule has 0 radical (unpaired) electrons. The van der Waals surface area contributed by atoms with E-state index < -0.39 is 0 Å². The van der Waals surface area contributed by atoms with Gasteiger partial charge in [-0.25, -0.2) is 0 Å². The maximum absolute atomic E-state index is 5.56. The lowest BCUT2D eigenvalue weighted by Gasteiger charge is -2.20. The van der Waals surface area contributed by atoms with Crippen LogP contribution in [0.25, 0.3) is 0 Å². The van der Waals surface area contributed by atoms with Crippen molar-refractivity contribution in [3.63, 3.8) is 0 Å². The first-order valence-corrected chi connectivity index (χ1v) is 6.29. The van der Waals surface area contributed by atoms with Gasteiger partial charge >= 0.3 is 0 Å². The van der Waals surface area contributed by atoms with Crippen molar-refractivity contribution in [1.82, 2.24) is 4.90 Å². The molecule has 84 valence electrons. The largest absolute Gasteiger partial charge is 0.329 e. The van der Waals surface area contributed by atoms with Crippen LogP contribution in [-0.4, -0.2) is 31.1 Å². The number of likely N-dealkylation sites (N-methyl/N-ethyl adjacent to an activating group) is 1. The summed E-state index contributed by atoms with van der Waals surface area (Å²) in [5.41, 5.74) is 5.56. The van der Waals surface area contributed by atoms with Crippen LogP contribution < -0.4 is 5.73 Å². The minimum atomic E-state index is 0.803. The van der Waals surface area contributed by atoms with Gasteiger partial charge in [0.15, 0.2) is 0 Å². The Labute approximate surface area is 88.8 Å². The van der Waals surface area contributed by atoms with Crippen LogP contribution in [0, 0.1) is 5.92 Å². The summed E-state index contributed by atoms with van der Waals surface area (Å²) in [6, 6.07) is 0. The quantitative estimate of drug-likeness (QED) is 0.680. The van der Waals surface area contributed by atoms with Gasteiger partial charge in [-0.2, -0.15) is 0 Å². The fourth-order valence-corrected chi connectivity index (χ4v) is 2.51. The van der Waals surface area contributed by atoms with Crippen molar-refractivity contribution in [3.8, 4) is 0 Å². The summed E-state index contributed by atoms with van der Waals surface area (Å²) in [4.78, 5) is 2.47. The zero-order valence-electron chi connectivity index (χ0n) is 9.67. The van der Waals surface area contributed by atoms with Crippen molar-refractivity contribution >= 4 is 0 Å². The average Bonchev–Trinajstić information content (AvgIpc) is 2.69. The number of hydrogen-bond donors (Lipinski definition) is 1. The van der Waals surface area contributed by atoms with Crippen LogP contribution in [0.3, 0.4) is 0 Å². The summed E-state index contributed by atoms with van der Waals surface area (Å²) in [5, 5.41) is 0. The van der Waals surface area contributed by atoms with E-state index in [1.807, 2.05) is 0 Å². The molecule has 0 bridgehead atoms. The molecule has 0 aromatic heterocycles. The zero-order valence-corrected chi connectivity index (χ0v) is 9.67. The fourth-order valence-electron chi connectivity index (χ4n) is 2.51. The Morgan fingerprint density at radius 1 is 1.21 bits per heavy atom. The molecule has 0 aromatic carbocycles. The average molecular weight is 198 g/mol. The third-order valence-electron chi connectivity index (χ3n) is 3.45. The van der Waals surface area contributed by atoms with Gasteiger partial charge in [0.2, 0.25) is 0 Å². The molecule has 0 unspecified atom stereocenters. The van der Waals surface area contributed by atoms with Gasteiger partial charge in [-0.05, 0) is 31.8 Å². The lowest BCUT2D eigenvalue weighted by Crippen LogP contribution is -2.30. The van der Waals surface area contributed by atoms with E-state index in [1.54, 1.807) is 0 Å². The van der Waals surface area contributed by atoms with Crippen LogP contribution in [0.2, 0.25) is 0 Å². The van der Waals surface area contributed by atoms with Crippen LogP contribution in [0.15, 0.2) is 0 Å². The molecule has 0 heterocycles. The molecular weight excluding hydrogens is 172 g/mol. The first-order valence-electron chi connectivity index (χ1n) is 6.29. The minimum absolute atomic E-state index is 0.803. The van der Waals surface area contributed by atoms with Gasteiger partial charge < -0.3 is 10.6 Å². The van der Waals surface area contributed by atoms with E-state index in [0.717, 1.165) is 25.6 Å². The molecule has 0 spiro atoms. The second-order valence-corrected chi connectivity index (χ2v) is 4.52. The van der Waals surface area contributed by atoms with Crippen molar-refractivity contribution in [2.45, 2.75) is 45.4 Å². The standard InChI is InChI=1S/C12H26N2/c1-2-14(11-9-13)10-5-8-12-6-3-4-7-12/h12H,2-11,13H2,1H3. The van der Waals surface area contributed by atoms with Gasteiger partial charge in [0, 0.05) is 13.1 Å². The lowest BCUT2D eigenvalue weighted by molar-refractivity contribution is 0.280. The second-order valence-electron chi connectivity index (χ2n) is 4.52. The number of rotatable bonds is 7. The molecule has 0 saturated heterocycles. The highest BCUT2D eigenvalue weighted by atomic mass is 15.1. The van der Waals surface area contributed by atoms with Crippen molar-refractivity contribution < 1.29 is 0 Å². The van der Waals surface area contributed by atoms with E-state index in [2.05, 4.69) is 11.8 Å². The van der Waals surface area contributed by atoms with Crippen molar-refractivity contribution in [2.24, 2.45) is 11.7 Å². The van der Waals surface area contributed by atoms with Crippen molar-refractivity contribution in [2.75, 3.05) is 26.2 Å². The van der Waals surface area contributed by atoms with E-state index in [4.69, 9.17) is 5.73 Å². The lowest BCUT2D eigenvalue weighted by atomic mass is 10.0. The van der Waals surface area contributed by atoms with Crippen LogP contribution >= 0.6 is 0 Å². The molecule has 0 atom stereocenters. The summed E-state index contributed by atoms with van der Waals surface area (Å²) in [6.07, 6.45) is 8.75. The fraction of sp³-hybridized carbons (Fsp3) is 1.00. The van der Waals surface area contributed by atoms with Crippen LogP contribution in [-0.2, 0) is 0 Å². The van der Waals surface area contributed by atoms with E-state index >= 15 is 0 Å². The molecule has 0 amide bonds. The third-order valence-corrected chi connectivity index (χ3v) is 3.45. The molecule has 14 heavy (non-hydrogen) atoms. The van der Waals surface area contributed by atoms with E-state index in [1.165, 1.54) is 45.1 Å². The molecule has 0 aliphatic heterocycles. The topological polar surface area (TPSA) is 29.3 Å². The SMILES string of the molecule is CCN(CCN)CCCC1CCCC1. The predicted molar refractivity (Wildman–Crippen MR) is 62.4 cm³/mol. The van der Waals surface area contributed by atoms with E-state index in [9.17, 15) is 0 Å². The van der Waals surface area contributed by atoms with Gasteiger partial charge in [0.1, 0.15) is 0 Å². The third kappa shape index (κ3) is 4.43. The van der Waals surface area contributed by atoms with E-state index in [-0.39, 0.29) is 0 Å². The molecule has 1 aliphatic rings. The monoisotopic (exact) mass is 198 g/mol. The van der Waals surface area contributed by atoms with Gasteiger partial charge in [0.05, 0.1) is 0 Å². The maximum atomic E-state index is 5.56. The Morgan fingerprint density at radius 2 is 1.93 bits per heavy atom. The molecule has 1 rings (SSSR count). The molecule has 2 N–H and O–H groups in total. The van der Waals surface area contributed by atoms with Crippen LogP contribution in [0.4, 0.5) is 0 Å². The van der Waals surface area contributed by atoms with Gasteiger partial charge in [0.25, 0.3) is 0 Å². The number of hydrogen-bond acceptors (Lipinski definition) is 2. The van der Waals surface area contributed by atoms with Gasteiger partial charge in [-0.15, -0.1) is 0 Å². The first-order chi connectivity index (χ1) is 6.86. The Kier molecular flexibility index (Phi) is 6.20.